The van der Waals surface area contributed by atoms with E-state index in [-0.39, 0.29) is 23.4 Å². The number of phenolic OH excluding ortho intramolecular Hbond substituents is 1. The molecule has 0 saturated carbocycles. The summed E-state index contributed by atoms with van der Waals surface area (Å²) in [4.78, 5) is 12.7. The predicted molar refractivity (Wildman–Crippen MR) is 101 cm³/mol. The number of fused-ring (bicyclic) bond motifs is 1. The minimum Gasteiger partial charge on any atom is -0.508 e. The summed E-state index contributed by atoms with van der Waals surface area (Å²) in [6.07, 6.45) is 1.27. The fraction of sp³-hybridized carbons (Fsp3) is 0.409. The van der Waals surface area contributed by atoms with E-state index in [0.717, 1.165) is 34.6 Å². The van der Waals surface area contributed by atoms with Crippen molar-refractivity contribution in [1.29, 1.82) is 0 Å². The number of ketones is 1. The zero-order chi connectivity index (χ0) is 18.9. The largest absolute Gasteiger partial charge is 0.508 e. The third-order valence-corrected chi connectivity index (χ3v) is 4.83. The number of rotatable bonds is 4. The first-order valence-electron chi connectivity index (χ1n) is 8.96. The van der Waals surface area contributed by atoms with Crippen LogP contribution in [0.4, 0.5) is 0 Å². The molecule has 2 aromatic rings. The SMILES string of the molecule is COc1ccc2c(c1)OC(C(=O)Cc1ccc(C(C)(C)C)c(O)c1)CC2. The van der Waals surface area contributed by atoms with E-state index in [4.69, 9.17) is 9.47 Å². The smallest absolute Gasteiger partial charge is 0.177 e. The van der Waals surface area contributed by atoms with Crippen LogP contribution in [-0.2, 0) is 23.1 Å². The second-order valence-electron chi connectivity index (χ2n) is 7.86. The highest BCUT2D eigenvalue weighted by Crippen LogP contribution is 2.33. The Balaban J connectivity index is 1.72. The van der Waals surface area contributed by atoms with Crippen molar-refractivity contribution in [3.05, 3.63) is 53.1 Å². The standard InChI is InChI=1S/C22H26O4/c1-22(2,3)17-9-5-14(11-18(17)23)12-19(24)20-10-7-15-6-8-16(25-4)13-21(15)26-20/h5-6,8-9,11,13,20,23H,7,10,12H2,1-4H3. The van der Waals surface area contributed by atoms with E-state index in [2.05, 4.69) is 20.8 Å². The van der Waals surface area contributed by atoms with Crippen LogP contribution in [0, 0.1) is 0 Å². The molecule has 0 amide bonds. The van der Waals surface area contributed by atoms with E-state index >= 15 is 0 Å². The molecule has 0 bridgehead atoms. The third kappa shape index (κ3) is 3.85. The zero-order valence-corrected chi connectivity index (χ0v) is 15.8. The summed E-state index contributed by atoms with van der Waals surface area (Å²) in [5.74, 6) is 1.71. The van der Waals surface area contributed by atoms with E-state index in [1.165, 1.54) is 0 Å². The van der Waals surface area contributed by atoms with Crippen molar-refractivity contribution in [2.24, 2.45) is 0 Å². The summed E-state index contributed by atoms with van der Waals surface area (Å²) < 4.78 is 11.2. The molecule has 1 unspecified atom stereocenters. The van der Waals surface area contributed by atoms with Crippen molar-refractivity contribution in [3.8, 4) is 17.2 Å². The van der Waals surface area contributed by atoms with Crippen molar-refractivity contribution in [2.45, 2.75) is 51.6 Å². The Hall–Kier alpha value is -2.49. The van der Waals surface area contributed by atoms with Gasteiger partial charge in [-0.15, -0.1) is 0 Å². The maximum atomic E-state index is 12.7. The van der Waals surface area contributed by atoms with Gasteiger partial charge in [0.2, 0.25) is 0 Å². The Morgan fingerprint density at radius 1 is 1.23 bits per heavy atom. The summed E-state index contributed by atoms with van der Waals surface area (Å²) in [5.41, 5.74) is 2.65. The van der Waals surface area contributed by atoms with Crippen molar-refractivity contribution in [1.82, 2.24) is 0 Å². The summed E-state index contributed by atoms with van der Waals surface area (Å²) in [6.45, 7) is 6.15. The van der Waals surface area contributed by atoms with Crippen LogP contribution in [0.3, 0.4) is 0 Å². The van der Waals surface area contributed by atoms with Gasteiger partial charge in [0, 0.05) is 12.5 Å². The molecule has 0 spiro atoms. The molecule has 3 rings (SSSR count). The molecule has 138 valence electrons. The van der Waals surface area contributed by atoms with Crippen LogP contribution in [0.1, 0.15) is 43.9 Å². The van der Waals surface area contributed by atoms with Crippen molar-refractivity contribution in [3.63, 3.8) is 0 Å². The maximum Gasteiger partial charge on any atom is 0.177 e. The summed E-state index contributed by atoms with van der Waals surface area (Å²) >= 11 is 0. The number of carbonyl (C=O) groups is 1. The molecule has 26 heavy (non-hydrogen) atoms. The molecule has 4 heteroatoms. The summed E-state index contributed by atoms with van der Waals surface area (Å²) in [7, 11) is 1.61. The molecule has 1 N–H and O–H groups in total. The van der Waals surface area contributed by atoms with Crippen LogP contribution >= 0.6 is 0 Å². The number of hydrogen-bond acceptors (Lipinski definition) is 4. The number of methoxy groups -OCH3 is 1. The summed E-state index contributed by atoms with van der Waals surface area (Å²) in [6, 6.07) is 11.2. The number of ether oxygens (including phenoxy) is 2. The third-order valence-electron chi connectivity index (χ3n) is 4.83. The van der Waals surface area contributed by atoms with Crippen LogP contribution in [0.5, 0.6) is 17.2 Å². The van der Waals surface area contributed by atoms with Crippen molar-refractivity contribution in [2.75, 3.05) is 7.11 Å². The van der Waals surface area contributed by atoms with Gasteiger partial charge in [-0.05, 0) is 47.1 Å². The van der Waals surface area contributed by atoms with Crippen molar-refractivity contribution < 1.29 is 19.4 Å². The highest BCUT2D eigenvalue weighted by atomic mass is 16.5. The van der Waals surface area contributed by atoms with Crippen LogP contribution in [0.15, 0.2) is 36.4 Å². The van der Waals surface area contributed by atoms with E-state index in [0.29, 0.717) is 6.42 Å². The number of hydrogen-bond donors (Lipinski definition) is 1. The molecule has 1 atom stereocenters. The quantitative estimate of drug-likeness (QED) is 0.894. The van der Waals surface area contributed by atoms with Gasteiger partial charge in [0.15, 0.2) is 11.9 Å². The Bertz CT molecular complexity index is 817. The topological polar surface area (TPSA) is 55.8 Å². The first-order chi connectivity index (χ1) is 12.3. The number of Topliss-reactive ketones (excluding diaryl/α,β-unsaturated/α-hetero) is 1. The lowest BCUT2D eigenvalue weighted by atomic mass is 9.85. The van der Waals surface area contributed by atoms with Gasteiger partial charge in [-0.3, -0.25) is 4.79 Å². The van der Waals surface area contributed by atoms with E-state index in [1.807, 2.05) is 30.3 Å². The van der Waals surface area contributed by atoms with Gasteiger partial charge in [-0.25, -0.2) is 0 Å². The van der Waals surface area contributed by atoms with Gasteiger partial charge in [0.25, 0.3) is 0 Å². The van der Waals surface area contributed by atoms with Crippen LogP contribution in [0.25, 0.3) is 0 Å². The van der Waals surface area contributed by atoms with Gasteiger partial charge in [-0.2, -0.15) is 0 Å². The lowest BCUT2D eigenvalue weighted by Gasteiger charge is -2.26. The molecular weight excluding hydrogens is 328 g/mol. The fourth-order valence-corrected chi connectivity index (χ4v) is 3.34. The first kappa shape index (κ1) is 18.3. The van der Waals surface area contributed by atoms with Gasteiger partial charge < -0.3 is 14.6 Å². The molecule has 1 aliphatic heterocycles. The lowest BCUT2D eigenvalue weighted by Crippen LogP contribution is -2.32. The highest BCUT2D eigenvalue weighted by molar-refractivity contribution is 5.86. The maximum absolute atomic E-state index is 12.7. The van der Waals surface area contributed by atoms with Gasteiger partial charge in [0.1, 0.15) is 17.2 Å². The van der Waals surface area contributed by atoms with Crippen LogP contribution in [0.2, 0.25) is 0 Å². The second-order valence-corrected chi connectivity index (χ2v) is 7.86. The molecule has 1 heterocycles. The molecule has 4 nitrogen and oxygen atoms in total. The molecule has 0 aliphatic carbocycles. The molecule has 0 radical (unpaired) electrons. The minimum absolute atomic E-state index is 0.0291. The van der Waals surface area contributed by atoms with Crippen molar-refractivity contribution >= 4 is 5.78 Å². The van der Waals surface area contributed by atoms with E-state index in [9.17, 15) is 9.90 Å². The van der Waals surface area contributed by atoms with E-state index in [1.54, 1.807) is 13.2 Å². The fourth-order valence-electron chi connectivity index (χ4n) is 3.34. The zero-order valence-electron chi connectivity index (χ0n) is 15.8. The van der Waals surface area contributed by atoms with Gasteiger partial charge in [0.05, 0.1) is 7.11 Å². The lowest BCUT2D eigenvalue weighted by molar-refractivity contribution is -0.125. The van der Waals surface area contributed by atoms with Gasteiger partial charge >= 0.3 is 0 Å². The second kappa shape index (κ2) is 7.02. The normalized spacial score (nSPS) is 16.5. The minimum atomic E-state index is -0.459. The number of aromatic hydroxyl groups is 1. The number of aryl methyl sites for hydroxylation is 1. The van der Waals surface area contributed by atoms with Crippen LogP contribution in [-0.4, -0.2) is 24.1 Å². The molecule has 1 aliphatic rings. The van der Waals surface area contributed by atoms with E-state index < -0.39 is 6.10 Å². The van der Waals surface area contributed by atoms with Crippen LogP contribution < -0.4 is 9.47 Å². The number of carbonyl (C=O) groups excluding carboxylic acids is 1. The average molecular weight is 354 g/mol. The molecule has 2 aromatic carbocycles. The first-order valence-corrected chi connectivity index (χ1v) is 8.96. The number of benzene rings is 2. The Labute approximate surface area is 154 Å². The summed E-state index contributed by atoms with van der Waals surface area (Å²) in [5, 5.41) is 10.3. The molecule has 0 saturated heterocycles. The molecular formula is C22H26O4. The molecule has 0 fully saturated rings. The highest BCUT2D eigenvalue weighted by Gasteiger charge is 2.27. The average Bonchev–Trinajstić information content (AvgIpc) is 2.59. The Morgan fingerprint density at radius 2 is 2.00 bits per heavy atom. The Kier molecular flexibility index (Phi) is 4.94. The predicted octanol–water partition coefficient (Wildman–Crippen LogP) is 4.20. The number of phenols is 1. The molecule has 0 aromatic heterocycles. The monoisotopic (exact) mass is 354 g/mol. The Morgan fingerprint density at radius 3 is 2.65 bits per heavy atom. The van der Waals surface area contributed by atoms with Gasteiger partial charge in [-0.1, -0.05) is 39.0 Å².